The summed E-state index contributed by atoms with van der Waals surface area (Å²) in [5.41, 5.74) is 2.51. The van der Waals surface area contributed by atoms with E-state index < -0.39 is 0 Å². The van der Waals surface area contributed by atoms with Gasteiger partial charge >= 0.3 is 0 Å². The molecule has 4 rings (SSSR count). The number of rotatable bonds is 4. The first-order valence-electron chi connectivity index (χ1n) is 8.22. The van der Waals surface area contributed by atoms with E-state index in [1.165, 1.54) is 21.9 Å². The molecule has 1 heterocycles. The van der Waals surface area contributed by atoms with Crippen molar-refractivity contribution in [2.24, 2.45) is 5.92 Å². The van der Waals surface area contributed by atoms with E-state index in [1.54, 1.807) is 0 Å². The van der Waals surface area contributed by atoms with Gasteiger partial charge in [0.05, 0.1) is 0 Å². The topological polar surface area (TPSA) is 21.3 Å². The summed E-state index contributed by atoms with van der Waals surface area (Å²) >= 11 is 0. The van der Waals surface area contributed by atoms with Crippen molar-refractivity contribution in [1.82, 2.24) is 5.32 Å². The van der Waals surface area contributed by atoms with Crippen LogP contribution in [0.25, 0.3) is 10.8 Å². The number of benzene rings is 3. The minimum atomic E-state index is 0. The molecule has 0 spiro atoms. The van der Waals surface area contributed by atoms with Gasteiger partial charge in [-0.15, -0.1) is 12.4 Å². The number of ether oxygens (including phenoxy) is 1. The Morgan fingerprint density at radius 2 is 1.62 bits per heavy atom. The average molecular weight is 340 g/mol. The van der Waals surface area contributed by atoms with E-state index in [9.17, 15) is 0 Å². The molecule has 1 aliphatic rings. The quantitative estimate of drug-likeness (QED) is 0.729. The van der Waals surface area contributed by atoms with E-state index in [0.717, 1.165) is 18.8 Å². The van der Waals surface area contributed by atoms with Gasteiger partial charge in [0.1, 0.15) is 11.9 Å². The lowest BCUT2D eigenvalue weighted by Gasteiger charge is -2.35. The molecule has 1 N–H and O–H groups in total. The monoisotopic (exact) mass is 339 g/mol. The van der Waals surface area contributed by atoms with Crippen LogP contribution in [0, 0.1) is 12.8 Å². The van der Waals surface area contributed by atoms with Crippen molar-refractivity contribution in [1.29, 1.82) is 0 Å². The molecular weight excluding hydrogens is 318 g/mol. The highest BCUT2D eigenvalue weighted by Crippen LogP contribution is 2.32. The molecule has 0 saturated carbocycles. The number of halogens is 1. The first kappa shape index (κ1) is 16.8. The summed E-state index contributed by atoms with van der Waals surface area (Å²) < 4.78 is 6.37. The summed E-state index contributed by atoms with van der Waals surface area (Å²) in [7, 11) is 0. The molecule has 1 aliphatic heterocycles. The van der Waals surface area contributed by atoms with Crippen LogP contribution in [-0.2, 0) is 0 Å². The zero-order valence-electron chi connectivity index (χ0n) is 13.7. The summed E-state index contributed by atoms with van der Waals surface area (Å²) in [5.74, 6) is 1.47. The molecule has 3 heteroatoms. The van der Waals surface area contributed by atoms with Crippen molar-refractivity contribution in [2.75, 3.05) is 13.1 Å². The van der Waals surface area contributed by atoms with Gasteiger partial charge in [-0.25, -0.2) is 0 Å². The van der Waals surface area contributed by atoms with Crippen LogP contribution < -0.4 is 10.1 Å². The Balaban J connectivity index is 0.00000169. The maximum Gasteiger partial charge on any atom is 0.129 e. The molecule has 24 heavy (non-hydrogen) atoms. The smallest absolute Gasteiger partial charge is 0.129 e. The van der Waals surface area contributed by atoms with Crippen molar-refractivity contribution < 1.29 is 4.74 Å². The Morgan fingerprint density at radius 3 is 2.29 bits per heavy atom. The van der Waals surface area contributed by atoms with Crippen molar-refractivity contribution in [3.8, 4) is 5.75 Å². The Labute approximate surface area is 149 Å². The van der Waals surface area contributed by atoms with Crippen molar-refractivity contribution in [3.05, 3.63) is 77.9 Å². The largest absolute Gasteiger partial charge is 0.485 e. The van der Waals surface area contributed by atoms with Crippen LogP contribution in [0.15, 0.2) is 66.7 Å². The highest BCUT2D eigenvalue weighted by molar-refractivity contribution is 5.85. The molecule has 3 aromatic rings. The van der Waals surface area contributed by atoms with Gasteiger partial charge in [-0.3, -0.25) is 0 Å². The lowest BCUT2D eigenvalue weighted by Crippen LogP contribution is -2.46. The summed E-state index contributed by atoms with van der Waals surface area (Å²) in [5, 5.41) is 5.91. The Hall–Kier alpha value is -2.03. The third-order valence-electron chi connectivity index (χ3n) is 4.63. The highest BCUT2D eigenvalue weighted by Gasteiger charge is 2.30. The van der Waals surface area contributed by atoms with Crippen LogP contribution in [0.1, 0.15) is 17.2 Å². The van der Waals surface area contributed by atoms with E-state index in [1.807, 2.05) is 0 Å². The molecule has 3 aromatic carbocycles. The third kappa shape index (κ3) is 3.40. The summed E-state index contributed by atoms with van der Waals surface area (Å²) in [4.78, 5) is 0. The maximum absolute atomic E-state index is 6.37. The molecule has 0 bridgehead atoms. The average Bonchev–Trinajstić information content (AvgIpc) is 2.54. The molecular formula is C21H22ClNO. The molecule has 0 aromatic heterocycles. The summed E-state index contributed by atoms with van der Waals surface area (Å²) in [6.45, 7) is 4.13. The Bertz CT molecular complexity index is 811. The summed E-state index contributed by atoms with van der Waals surface area (Å²) in [6.07, 6.45) is 0.101. The lowest BCUT2D eigenvalue weighted by molar-refractivity contribution is 0.0994. The van der Waals surface area contributed by atoms with Crippen LogP contribution in [0.3, 0.4) is 0 Å². The molecule has 1 fully saturated rings. The second kappa shape index (κ2) is 7.25. The normalized spacial score (nSPS) is 15.4. The number of hydrogen-bond acceptors (Lipinski definition) is 2. The number of nitrogens with one attached hydrogen (secondary N) is 1. The van der Waals surface area contributed by atoms with Gasteiger partial charge in [0.15, 0.2) is 0 Å². The van der Waals surface area contributed by atoms with Gasteiger partial charge in [-0.2, -0.15) is 0 Å². The van der Waals surface area contributed by atoms with Crippen LogP contribution in [0.4, 0.5) is 0 Å². The number of hydrogen-bond donors (Lipinski definition) is 1. The van der Waals surface area contributed by atoms with Crippen LogP contribution in [-0.4, -0.2) is 13.1 Å². The fourth-order valence-corrected chi connectivity index (χ4v) is 3.11. The zero-order chi connectivity index (χ0) is 15.6. The van der Waals surface area contributed by atoms with Gasteiger partial charge in [0, 0.05) is 19.0 Å². The minimum absolute atomic E-state index is 0. The first-order valence-corrected chi connectivity index (χ1v) is 8.22. The van der Waals surface area contributed by atoms with Crippen molar-refractivity contribution in [3.63, 3.8) is 0 Å². The Morgan fingerprint density at radius 1 is 0.917 bits per heavy atom. The predicted molar refractivity (Wildman–Crippen MR) is 102 cm³/mol. The van der Waals surface area contributed by atoms with E-state index in [4.69, 9.17) is 4.74 Å². The molecule has 1 unspecified atom stereocenters. The minimum Gasteiger partial charge on any atom is -0.485 e. The standard InChI is InChI=1S/C21H21NO.ClH/c1-15-6-10-20(11-7-15)23-21(19-13-22-14-19)18-9-8-16-4-2-3-5-17(16)12-18;/h2-12,19,21-22H,13-14H2,1H3;1H. The second-order valence-corrected chi connectivity index (χ2v) is 6.38. The fourth-order valence-electron chi connectivity index (χ4n) is 3.11. The van der Waals surface area contributed by atoms with Crippen molar-refractivity contribution >= 4 is 23.2 Å². The molecule has 124 valence electrons. The fraction of sp³-hybridized carbons (Fsp3) is 0.238. The highest BCUT2D eigenvalue weighted by atomic mass is 35.5. The molecule has 2 nitrogen and oxygen atoms in total. The molecule has 0 radical (unpaired) electrons. The summed E-state index contributed by atoms with van der Waals surface area (Å²) in [6, 6.07) is 23.5. The molecule has 0 aliphatic carbocycles. The van der Waals surface area contributed by atoms with E-state index >= 15 is 0 Å². The SMILES string of the molecule is Cc1ccc(OC(c2ccc3ccccc3c2)C2CNC2)cc1.Cl. The van der Waals surface area contributed by atoms with E-state index in [2.05, 4.69) is 79.0 Å². The molecule has 1 saturated heterocycles. The first-order chi connectivity index (χ1) is 11.3. The van der Waals surface area contributed by atoms with E-state index in [-0.39, 0.29) is 18.5 Å². The second-order valence-electron chi connectivity index (χ2n) is 6.38. The Kier molecular flexibility index (Phi) is 5.08. The van der Waals surface area contributed by atoms with Gasteiger partial charge in [0.25, 0.3) is 0 Å². The van der Waals surface area contributed by atoms with Crippen LogP contribution >= 0.6 is 12.4 Å². The van der Waals surface area contributed by atoms with Gasteiger partial charge < -0.3 is 10.1 Å². The maximum atomic E-state index is 6.37. The van der Waals surface area contributed by atoms with Crippen molar-refractivity contribution in [2.45, 2.75) is 13.0 Å². The van der Waals surface area contributed by atoms with Crippen LogP contribution in [0.2, 0.25) is 0 Å². The number of fused-ring (bicyclic) bond motifs is 1. The molecule has 1 atom stereocenters. The zero-order valence-corrected chi connectivity index (χ0v) is 14.6. The van der Waals surface area contributed by atoms with Gasteiger partial charge in [-0.05, 0) is 41.5 Å². The van der Waals surface area contributed by atoms with Gasteiger partial charge in [-0.1, -0.05) is 54.1 Å². The number of aryl methyl sites for hydroxylation is 1. The third-order valence-corrected chi connectivity index (χ3v) is 4.63. The molecule has 0 amide bonds. The van der Waals surface area contributed by atoms with E-state index in [0.29, 0.717) is 5.92 Å². The van der Waals surface area contributed by atoms with Gasteiger partial charge in [0.2, 0.25) is 0 Å². The van der Waals surface area contributed by atoms with Crippen LogP contribution in [0.5, 0.6) is 5.75 Å². The predicted octanol–water partition coefficient (Wildman–Crippen LogP) is 4.91. The lowest BCUT2D eigenvalue weighted by atomic mass is 9.89.